The van der Waals surface area contributed by atoms with Crippen molar-refractivity contribution in [1.82, 2.24) is 15.2 Å². The lowest BCUT2D eigenvalue weighted by atomic mass is 10.1. The Morgan fingerprint density at radius 3 is 2.48 bits per heavy atom. The quantitative estimate of drug-likeness (QED) is 0.563. The highest BCUT2D eigenvalue weighted by molar-refractivity contribution is 5.94. The number of ether oxygens (including phenoxy) is 2. The van der Waals surface area contributed by atoms with E-state index in [4.69, 9.17) is 14.6 Å². The van der Waals surface area contributed by atoms with Crippen molar-refractivity contribution in [3.05, 3.63) is 23.0 Å². The normalized spacial score (nSPS) is 13.4. The summed E-state index contributed by atoms with van der Waals surface area (Å²) >= 11 is 0. The number of aliphatic hydroxyl groups excluding tert-OH is 1. The molecule has 1 aliphatic heterocycles. The molecule has 0 bridgehead atoms. The number of carbonyl (C=O) groups excluding carboxylic acids is 2. The monoisotopic (exact) mass is 413 g/mol. The Balaban J connectivity index is 0.000000554. The van der Waals surface area contributed by atoms with Crippen molar-refractivity contribution in [2.24, 2.45) is 0 Å². The molecule has 29 heavy (non-hydrogen) atoms. The first-order valence-electron chi connectivity index (χ1n) is 10.5. The summed E-state index contributed by atoms with van der Waals surface area (Å²) in [5.41, 5.74) is 1.87. The van der Waals surface area contributed by atoms with Gasteiger partial charge in [0.25, 0.3) is 0 Å². The van der Waals surface area contributed by atoms with Crippen molar-refractivity contribution in [2.45, 2.75) is 47.5 Å². The van der Waals surface area contributed by atoms with Gasteiger partial charge in [0.05, 0.1) is 31.8 Å². The molecule has 1 fully saturated rings. The summed E-state index contributed by atoms with van der Waals surface area (Å²) in [6.07, 6.45) is 2.76. The summed E-state index contributed by atoms with van der Waals surface area (Å²) < 4.78 is 10.1. The van der Waals surface area contributed by atoms with Gasteiger partial charge in [-0.05, 0) is 32.8 Å². The molecule has 1 aliphatic rings. The number of aromatic amines is 1. The van der Waals surface area contributed by atoms with Crippen LogP contribution in [0.25, 0.3) is 0 Å². The Morgan fingerprint density at radius 1 is 1.28 bits per heavy atom. The smallest absolute Gasteiger partial charge is 0.340 e. The number of H-pyrrole nitrogens is 1. The van der Waals surface area contributed by atoms with Crippen LogP contribution in [0, 0.1) is 6.92 Å². The minimum Gasteiger partial charge on any atom is -0.462 e. The van der Waals surface area contributed by atoms with Crippen LogP contribution in [-0.2, 0) is 20.7 Å². The van der Waals surface area contributed by atoms with Crippen LogP contribution in [0.15, 0.2) is 6.20 Å². The molecule has 2 heterocycles. The molecular formula is C21H39N3O5. The molecule has 1 saturated heterocycles. The van der Waals surface area contributed by atoms with Crippen LogP contribution in [0.1, 0.15) is 55.7 Å². The second-order valence-corrected chi connectivity index (χ2v) is 6.21. The average Bonchev–Trinajstić information content (AvgIpc) is 3.09. The molecule has 0 unspecified atom stereocenters. The zero-order chi connectivity index (χ0) is 22.1. The number of nitrogens with one attached hydrogen (secondary N) is 2. The minimum absolute atomic E-state index is 0.111. The first-order valence-corrected chi connectivity index (χ1v) is 10.5. The van der Waals surface area contributed by atoms with E-state index in [2.05, 4.69) is 15.2 Å². The lowest BCUT2D eigenvalue weighted by Crippen LogP contribution is -2.37. The van der Waals surface area contributed by atoms with E-state index >= 15 is 0 Å². The molecule has 0 aliphatic carbocycles. The SMILES string of the molecule is CC.CCNC(=O)Cc1[nH]cc(C)c1C(=O)OCC.OCCCN1CCOCC1. The number of likely N-dealkylation sites (N-methyl/N-ethyl adjacent to an activating group) is 1. The van der Waals surface area contributed by atoms with Crippen molar-refractivity contribution in [3.63, 3.8) is 0 Å². The molecule has 1 aromatic rings. The van der Waals surface area contributed by atoms with Crippen LogP contribution < -0.4 is 5.32 Å². The van der Waals surface area contributed by atoms with Crippen molar-refractivity contribution < 1.29 is 24.2 Å². The van der Waals surface area contributed by atoms with Gasteiger partial charge in [0, 0.05) is 44.7 Å². The van der Waals surface area contributed by atoms with Crippen LogP contribution >= 0.6 is 0 Å². The third-order valence-corrected chi connectivity index (χ3v) is 4.09. The van der Waals surface area contributed by atoms with Crippen molar-refractivity contribution in [3.8, 4) is 0 Å². The summed E-state index contributed by atoms with van der Waals surface area (Å²) in [4.78, 5) is 28.4. The average molecular weight is 414 g/mol. The van der Waals surface area contributed by atoms with Crippen molar-refractivity contribution in [1.29, 1.82) is 0 Å². The number of amides is 1. The topological polar surface area (TPSA) is 104 Å². The number of hydrogen-bond acceptors (Lipinski definition) is 6. The molecule has 2 rings (SSSR count). The van der Waals surface area contributed by atoms with E-state index in [0.717, 1.165) is 44.8 Å². The van der Waals surface area contributed by atoms with E-state index in [1.165, 1.54) is 0 Å². The molecule has 8 heteroatoms. The molecule has 1 aromatic heterocycles. The predicted octanol–water partition coefficient (Wildman–Crippen LogP) is 1.91. The second kappa shape index (κ2) is 17.0. The van der Waals surface area contributed by atoms with Gasteiger partial charge in [-0.2, -0.15) is 0 Å². The van der Waals surface area contributed by atoms with Gasteiger partial charge in [0.1, 0.15) is 0 Å². The van der Waals surface area contributed by atoms with E-state index < -0.39 is 0 Å². The highest BCUT2D eigenvalue weighted by Gasteiger charge is 2.19. The number of aliphatic hydroxyl groups is 1. The Morgan fingerprint density at radius 2 is 1.93 bits per heavy atom. The zero-order valence-electron chi connectivity index (χ0n) is 18.7. The Hall–Kier alpha value is -1.90. The fraction of sp³-hybridized carbons (Fsp3) is 0.714. The number of aryl methyl sites for hydroxylation is 1. The number of carbonyl (C=O) groups is 2. The lowest BCUT2D eigenvalue weighted by Gasteiger charge is -2.25. The van der Waals surface area contributed by atoms with Crippen LogP contribution in [-0.4, -0.2) is 79.5 Å². The molecular weight excluding hydrogens is 374 g/mol. The number of aromatic nitrogens is 1. The highest BCUT2D eigenvalue weighted by atomic mass is 16.5. The summed E-state index contributed by atoms with van der Waals surface area (Å²) in [6.45, 7) is 15.4. The maximum Gasteiger partial charge on any atom is 0.340 e. The highest BCUT2D eigenvalue weighted by Crippen LogP contribution is 2.15. The van der Waals surface area contributed by atoms with Gasteiger partial charge in [-0.25, -0.2) is 4.79 Å². The maximum absolute atomic E-state index is 11.7. The van der Waals surface area contributed by atoms with Crippen LogP contribution in [0.4, 0.5) is 0 Å². The van der Waals surface area contributed by atoms with Gasteiger partial charge in [0.15, 0.2) is 0 Å². The molecule has 168 valence electrons. The third kappa shape index (κ3) is 11.0. The van der Waals surface area contributed by atoms with Gasteiger partial charge in [0.2, 0.25) is 5.91 Å². The number of rotatable bonds is 8. The van der Waals surface area contributed by atoms with Crippen molar-refractivity contribution in [2.75, 3.05) is 52.6 Å². The number of morpholine rings is 1. The molecule has 0 atom stereocenters. The summed E-state index contributed by atoms with van der Waals surface area (Å²) in [5, 5.41) is 11.2. The van der Waals surface area contributed by atoms with Crippen LogP contribution in [0.5, 0.6) is 0 Å². The third-order valence-electron chi connectivity index (χ3n) is 4.09. The Labute approximate surface area is 175 Å². The number of esters is 1. The van der Waals surface area contributed by atoms with Gasteiger partial charge >= 0.3 is 5.97 Å². The molecule has 0 saturated carbocycles. The second-order valence-electron chi connectivity index (χ2n) is 6.21. The van der Waals surface area contributed by atoms with E-state index in [9.17, 15) is 9.59 Å². The minimum atomic E-state index is -0.384. The zero-order valence-corrected chi connectivity index (χ0v) is 18.7. The molecule has 3 N–H and O–H groups in total. The molecule has 1 amide bonds. The number of nitrogens with zero attached hydrogens (tertiary/aromatic N) is 1. The van der Waals surface area contributed by atoms with E-state index in [1.807, 2.05) is 27.7 Å². The predicted molar refractivity (Wildman–Crippen MR) is 114 cm³/mol. The Kier molecular flexibility index (Phi) is 15.9. The van der Waals surface area contributed by atoms with E-state index in [1.54, 1.807) is 13.1 Å². The first-order chi connectivity index (χ1) is 14.0. The summed E-state index contributed by atoms with van der Waals surface area (Å²) in [5.74, 6) is -0.495. The van der Waals surface area contributed by atoms with Crippen LogP contribution in [0.2, 0.25) is 0 Å². The molecule has 8 nitrogen and oxygen atoms in total. The Bertz CT molecular complexity index is 569. The maximum atomic E-state index is 11.7. The van der Waals surface area contributed by atoms with E-state index in [-0.39, 0.29) is 18.3 Å². The first kappa shape index (κ1) is 27.1. The molecule has 0 spiro atoms. The van der Waals surface area contributed by atoms with Crippen molar-refractivity contribution >= 4 is 11.9 Å². The van der Waals surface area contributed by atoms with Gasteiger partial charge in [-0.1, -0.05) is 13.8 Å². The van der Waals surface area contributed by atoms with Gasteiger partial charge in [-0.15, -0.1) is 0 Å². The lowest BCUT2D eigenvalue weighted by molar-refractivity contribution is -0.120. The van der Waals surface area contributed by atoms with Gasteiger partial charge in [-0.3, -0.25) is 9.69 Å². The summed E-state index contributed by atoms with van der Waals surface area (Å²) in [6, 6.07) is 0. The number of hydrogen-bond donors (Lipinski definition) is 3. The largest absolute Gasteiger partial charge is 0.462 e. The van der Waals surface area contributed by atoms with Gasteiger partial charge < -0.3 is 24.9 Å². The standard InChI is InChI=1S/C12H18N2O3.C7H15NO2.C2H6/c1-4-13-10(15)6-9-11(8(3)7-14-9)12(16)17-5-2;9-5-1-2-8-3-6-10-7-4-8;1-2/h7,14H,4-6H2,1-3H3,(H,13,15);9H,1-7H2;1-2H3. The molecule has 0 radical (unpaired) electrons. The van der Waals surface area contributed by atoms with Crippen LogP contribution in [0.3, 0.4) is 0 Å². The molecule has 0 aromatic carbocycles. The summed E-state index contributed by atoms with van der Waals surface area (Å²) in [7, 11) is 0. The van der Waals surface area contributed by atoms with E-state index in [0.29, 0.717) is 31.0 Å². The fourth-order valence-corrected chi connectivity index (χ4v) is 2.74. The fourth-order valence-electron chi connectivity index (χ4n) is 2.74.